The number of hydrogen-bond acceptors (Lipinski definition) is 5. The second-order valence-corrected chi connectivity index (χ2v) is 16.9. The Hall–Kier alpha value is -1.92. The predicted octanol–water partition coefficient (Wildman–Crippen LogP) is 14.5. The first-order chi connectivity index (χ1) is 28.0. The van der Waals surface area contributed by atoms with E-state index < -0.39 is 18.2 Å². The fourth-order valence-electron chi connectivity index (χ4n) is 7.42. The molecule has 0 fully saturated rings. The Bertz CT molecular complexity index is 946. The van der Waals surface area contributed by atoms with Crippen LogP contribution in [-0.4, -0.2) is 46.9 Å². The summed E-state index contributed by atoms with van der Waals surface area (Å²) in [7, 11) is 0. The van der Waals surface area contributed by atoms with Crippen LogP contribution < -0.4 is 5.32 Å². The molecule has 6 nitrogen and oxygen atoms in total. The molecule has 0 aliphatic rings. The first kappa shape index (κ1) is 55.1. The van der Waals surface area contributed by atoms with Crippen molar-refractivity contribution >= 4 is 11.9 Å². The van der Waals surface area contributed by atoms with Crippen LogP contribution in [0, 0.1) is 0 Å². The number of nitrogens with one attached hydrogen (secondary N) is 1. The summed E-state index contributed by atoms with van der Waals surface area (Å²) in [5, 5.41) is 23.7. The topological polar surface area (TPSA) is 95.9 Å². The SMILES string of the molecule is CCCCC/C=C\CCCCCC(CC(=O)NC(CO)C(O)CCCCCCCCCCCCCC)OC(=O)CCCCC/C=C/C=C/CCCCCCCCC. The zero-order valence-electron chi connectivity index (χ0n) is 38.0. The molecule has 0 aliphatic heterocycles. The monoisotopic (exact) mass is 802 g/mol. The lowest BCUT2D eigenvalue weighted by molar-refractivity contribution is -0.151. The Kier molecular flexibility index (Phi) is 43.6. The minimum atomic E-state index is -0.793. The number of esters is 1. The second-order valence-electron chi connectivity index (χ2n) is 16.9. The fourth-order valence-corrected chi connectivity index (χ4v) is 7.42. The lowest BCUT2D eigenvalue weighted by Crippen LogP contribution is -2.46. The molecular formula is C51H95NO5. The van der Waals surface area contributed by atoms with Crippen molar-refractivity contribution < 1.29 is 24.5 Å². The first-order valence-corrected chi connectivity index (χ1v) is 24.7. The van der Waals surface area contributed by atoms with Crippen LogP contribution in [0.4, 0.5) is 0 Å². The average molecular weight is 802 g/mol. The van der Waals surface area contributed by atoms with Crippen molar-refractivity contribution in [3.63, 3.8) is 0 Å². The molecule has 0 bridgehead atoms. The Labute approximate surface area is 353 Å². The van der Waals surface area contributed by atoms with Gasteiger partial charge in [0.1, 0.15) is 6.10 Å². The van der Waals surface area contributed by atoms with Gasteiger partial charge in [-0.3, -0.25) is 9.59 Å². The van der Waals surface area contributed by atoms with Crippen LogP contribution in [0.2, 0.25) is 0 Å². The van der Waals surface area contributed by atoms with Gasteiger partial charge in [-0.05, 0) is 77.0 Å². The standard InChI is InChI=1S/C51H95NO5/c1-4-7-10-13-16-19-22-24-25-26-27-29-32-35-38-41-44-51(56)57-47(42-39-36-33-30-21-18-15-12-9-6-3)45-50(55)52-48(46-53)49(54)43-40-37-34-31-28-23-20-17-14-11-8-5-2/h18,21,25-27,29,47-49,53-54H,4-17,19-20,22-24,28,30-46H2,1-3H3,(H,52,55)/b21-18-,26-25+,29-27+. The highest BCUT2D eigenvalue weighted by atomic mass is 16.5. The average Bonchev–Trinajstić information content (AvgIpc) is 3.20. The van der Waals surface area contributed by atoms with Gasteiger partial charge in [0.05, 0.1) is 25.2 Å². The van der Waals surface area contributed by atoms with Gasteiger partial charge in [-0.1, -0.05) is 198 Å². The van der Waals surface area contributed by atoms with Crippen molar-refractivity contribution in [2.24, 2.45) is 0 Å². The zero-order valence-corrected chi connectivity index (χ0v) is 38.0. The quantitative estimate of drug-likeness (QED) is 0.0247. The molecule has 1 amide bonds. The van der Waals surface area contributed by atoms with Crippen LogP contribution in [0.15, 0.2) is 36.5 Å². The summed E-state index contributed by atoms with van der Waals surface area (Å²) in [6, 6.07) is -0.708. The van der Waals surface area contributed by atoms with E-state index in [0.717, 1.165) is 83.5 Å². The van der Waals surface area contributed by atoms with Gasteiger partial charge in [-0.25, -0.2) is 0 Å². The molecule has 3 N–H and O–H groups in total. The summed E-state index contributed by atoms with van der Waals surface area (Å²) in [5.41, 5.74) is 0. The van der Waals surface area contributed by atoms with E-state index in [2.05, 4.69) is 62.5 Å². The third-order valence-electron chi connectivity index (χ3n) is 11.2. The molecule has 0 heterocycles. The van der Waals surface area contributed by atoms with Gasteiger partial charge in [-0.2, -0.15) is 0 Å². The molecule has 0 saturated heterocycles. The number of ether oxygens (including phenoxy) is 1. The van der Waals surface area contributed by atoms with Gasteiger partial charge in [0.2, 0.25) is 5.91 Å². The number of aliphatic hydroxyl groups excluding tert-OH is 2. The van der Waals surface area contributed by atoms with Gasteiger partial charge >= 0.3 is 5.97 Å². The lowest BCUT2D eigenvalue weighted by Gasteiger charge is -2.24. The molecule has 0 aliphatic carbocycles. The summed E-state index contributed by atoms with van der Waals surface area (Å²) in [5.74, 6) is -0.517. The molecule has 0 radical (unpaired) electrons. The van der Waals surface area contributed by atoms with E-state index >= 15 is 0 Å². The van der Waals surface area contributed by atoms with Gasteiger partial charge in [-0.15, -0.1) is 0 Å². The molecule has 0 spiro atoms. The number of carbonyl (C=O) groups excluding carboxylic acids is 2. The number of carbonyl (C=O) groups is 2. The molecule has 3 unspecified atom stereocenters. The largest absolute Gasteiger partial charge is 0.462 e. The van der Waals surface area contributed by atoms with Gasteiger partial charge in [0.15, 0.2) is 0 Å². The third-order valence-corrected chi connectivity index (χ3v) is 11.2. The highest BCUT2D eigenvalue weighted by molar-refractivity contribution is 5.77. The van der Waals surface area contributed by atoms with Gasteiger partial charge in [0, 0.05) is 6.42 Å². The number of unbranched alkanes of at least 4 members (excludes halogenated alkanes) is 27. The van der Waals surface area contributed by atoms with Crippen LogP contribution in [0.5, 0.6) is 0 Å². The molecule has 0 aromatic heterocycles. The van der Waals surface area contributed by atoms with E-state index in [0.29, 0.717) is 19.3 Å². The molecular weight excluding hydrogens is 707 g/mol. The Morgan fingerprint density at radius 1 is 0.509 bits per heavy atom. The van der Waals surface area contributed by atoms with Crippen LogP contribution in [0.25, 0.3) is 0 Å². The summed E-state index contributed by atoms with van der Waals surface area (Å²) in [6.07, 6.45) is 52.0. The van der Waals surface area contributed by atoms with E-state index in [1.54, 1.807) is 0 Å². The number of rotatable bonds is 44. The number of aliphatic hydroxyl groups is 2. The number of hydrogen-bond donors (Lipinski definition) is 3. The lowest BCUT2D eigenvalue weighted by atomic mass is 10.0. The van der Waals surface area contributed by atoms with Crippen molar-refractivity contribution in [1.82, 2.24) is 5.32 Å². The first-order valence-electron chi connectivity index (χ1n) is 24.7. The second kappa shape index (κ2) is 45.2. The molecule has 0 saturated carbocycles. The van der Waals surface area contributed by atoms with Crippen molar-refractivity contribution in [1.29, 1.82) is 0 Å². The fraction of sp³-hybridized carbons (Fsp3) is 0.843. The number of amides is 1. The van der Waals surface area contributed by atoms with E-state index in [1.807, 2.05) is 0 Å². The minimum absolute atomic E-state index is 0.0577. The van der Waals surface area contributed by atoms with Crippen molar-refractivity contribution in [3.8, 4) is 0 Å². The summed E-state index contributed by atoms with van der Waals surface area (Å²) < 4.78 is 5.89. The normalized spacial score (nSPS) is 13.6. The van der Waals surface area contributed by atoms with E-state index in [1.165, 1.54) is 122 Å². The van der Waals surface area contributed by atoms with Crippen molar-refractivity contribution in [2.75, 3.05) is 6.61 Å². The van der Waals surface area contributed by atoms with Crippen LogP contribution in [0.3, 0.4) is 0 Å². The molecule has 0 rings (SSSR count). The molecule has 0 aromatic carbocycles. The van der Waals surface area contributed by atoms with E-state index in [9.17, 15) is 19.8 Å². The summed E-state index contributed by atoms with van der Waals surface area (Å²) in [6.45, 7) is 6.43. The predicted molar refractivity (Wildman–Crippen MR) is 246 cm³/mol. The summed E-state index contributed by atoms with van der Waals surface area (Å²) >= 11 is 0. The van der Waals surface area contributed by atoms with E-state index in [4.69, 9.17) is 4.74 Å². The Morgan fingerprint density at radius 2 is 0.895 bits per heavy atom. The molecule has 6 heteroatoms. The Balaban J connectivity index is 4.57. The van der Waals surface area contributed by atoms with Gasteiger partial charge < -0.3 is 20.3 Å². The maximum atomic E-state index is 13.1. The molecule has 0 aromatic rings. The van der Waals surface area contributed by atoms with Crippen LogP contribution in [0.1, 0.15) is 252 Å². The third kappa shape index (κ3) is 40.6. The molecule has 334 valence electrons. The maximum absolute atomic E-state index is 13.1. The molecule has 3 atom stereocenters. The number of allylic oxidation sites excluding steroid dienone is 6. The summed E-state index contributed by atoms with van der Waals surface area (Å²) in [4.78, 5) is 26.0. The van der Waals surface area contributed by atoms with Crippen molar-refractivity contribution in [3.05, 3.63) is 36.5 Å². The van der Waals surface area contributed by atoms with E-state index in [-0.39, 0.29) is 24.9 Å². The minimum Gasteiger partial charge on any atom is -0.462 e. The smallest absolute Gasteiger partial charge is 0.306 e. The zero-order chi connectivity index (χ0) is 41.7. The van der Waals surface area contributed by atoms with Crippen LogP contribution >= 0.6 is 0 Å². The van der Waals surface area contributed by atoms with Crippen molar-refractivity contribution in [2.45, 2.75) is 270 Å². The highest BCUT2D eigenvalue weighted by Crippen LogP contribution is 2.17. The maximum Gasteiger partial charge on any atom is 0.306 e. The highest BCUT2D eigenvalue weighted by Gasteiger charge is 2.24. The Morgan fingerprint density at radius 3 is 1.40 bits per heavy atom. The van der Waals surface area contributed by atoms with Crippen LogP contribution in [-0.2, 0) is 14.3 Å². The molecule has 57 heavy (non-hydrogen) atoms. The van der Waals surface area contributed by atoms with Gasteiger partial charge in [0.25, 0.3) is 0 Å².